The predicted molar refractivity (Wildman–Crippen MR) is 78.1 cm³/mol. The molecule has 0 aliphatic rings. The van der Waals surface area contributed by atoms with Gasteiger partial charge < -0.3 is 23.7 Å². The van der Waals surface area contributed by atoms with E-state index in [4.69, 9.17) is 24.9 Å². The third-order valence-electron chi connectivity index (χ3n) is 2.74. The van der Waals surface area contributed by atoms with Crippen LogP contribution < -0.4 is 10.5 Å². The quantitative estimate of drug-likeness (QED) is 0.549. The van der Waals surface area contributed by atoms with Crippen molar-refractivity contribution in [2.75, 3.05) is 39.1 Å². The lowest BCUT2D eigenvalue weighted by Gasteiger charge is -2.25. The highest BCUT2D eigenvalue weighted by Crippen LogP contribution is 2.11. The minimum atomic E-state index is -2.82. The number of alkyl halides is 1. The van der Waals surface area contributed by atoms with Crippen LogP contribution in [0.4, 0.5) is 5.69 Å². The van der Waals surface area contributed by atoms with Gasteiger partial charge in [0.1, 0.15) is 0 Å². The van der Waals surface area contributed by atoms with Crippen LogP contribution in [0.25, 0.3) is 0 Å². The summed E-state index contributed by atoms with van der Waals surface area (Å²) >= 11 is 5.55. The molecule has 0 spiro atoms. The van der Waals surface area contributed by atoms with Crippen molar-refractivity contribution in [3.05, 3.63) is 24.3 Å². The Labute approximate surface area is 119 Å². The molecule has 0 fully saturated rings. The van der Waals surface area contributed by atoms with E-state index in [2.05, 4.69) is 5.32 Å². The van der Waals surface area contributed by atoms with Crippen LogP contribution in [-0.2, 0) is 13.3 Å². The molecule has 0 aliphatic carbocycles. The Morgan fingerprint density at radius 2 is 1.89 bits per heavy atom. The summed E-state index contributed by atoms with van der Waals surface area (Å²) in [5.74, 6) is 0.194. The second kappa shape index (κ2) is 7.84. The Morgan fingerprint density at radius 3 is 2.42 bits per heavy atom. The van der Waals surface area contributed by atoms with Gasteiger partial charge in [0.05, 0.1) is 12.0 Å². The Balaban J connectivity index is 2.86. The smallest absolute Gasteiger partial charge is 0.390 e. The van der Waals surface area contributed by atoms with Crippen molar-refractivity contribution in [1.29, 1.82) is 0 Å². The molecule has 0 aliphatic heterocycles. The monoisotopic (exact) mass is 305 g/mol. The molecule has 0 radical (unpaired) electrons. The maximum atomic E-state index is 9.43. The van der Waals surface area contributed by atoms with E-state index in [1.54, 1.807) is 21.3 Å². The van der Waals surface area contributed by atoms with Gasteiger partial charge in [0.15, 0.2) is 0 Å². The number of benzene rings is 1. The molecular weight excluding hydrogens is 286 g/mol. The SMILES string of the molecule is CO[Si](OC)(OC)c1cccc(NCC(O)CCl)c1. The summed E-state index contributed by atoms with van der Waals surface area (Å²) in [7, 11) is 1.88. The Hall–Kier alpha value is -0.633. The third kappa shape index (κ3) is 4.17. The summed E-state index contributed by atoms with van der Waals surface area (Å²) < 4.78 is 16.3. The number of rotatable bonds is 8. The minimum absolute atomic E-state index is 0.194. The van der Waals surface area contributed by atoms with Gasteiger partial charge in [0, 0.05) is 38.7 Å². The predicted octanol–water partition coefficient (Wildman–Crippen LogP) is 0.783. The molecule has 0 saturated carbocycles. The zero-order chi connectivity index (χ0) is 14.3. The molecule has 0 saturated heterocycles. The van der Waals surface area contributed by atoms with E-state index in [0.717, 1.165) is 10.9 Å². The highest BCUT2D eigenvalue weighted by Gasteiger charge is 2.40. The first-order valence-corrected chi connectivity index (χ1v) is 8.11. The Bertz CT molecular complexity index is 381. The molecule has 0 amide bonds. The molecule has 108 valence electrons. The molecule has 0 bridgehead atoms. The highest BCUT2D eigenvalue weighted by molar-refractivity contribution is 6.75. The average molecular weight is 306 g/mol. The van der Waals surface area contributed by atoms with E-state index in [1.165, 1.54) is 0 Å². The molecule has 1 rings (SSSR count). The zero-order valence-corrected chi connectivity index (χ0v) is 13.1. The van der Waals surface area contributed by atoms with E-state index >= 15 is 0 Å². The summed E-state index contributed by atoms with van der Waals surface area (Å²) in [5, 5.41) is 13.4. The van der Waals surface area contributed by atoms with Crippen LogP contribution in [0.2, 0.25) is 0 Å². The largest absolute Gasteiger partial charge is 0.536 e. The molecule has 0 heterocycles. The van der Waals surface area contributed by atoms with Gasteiger partial charge >= 0.3 is 8.80 Å². The van der Waals surface area contributed by atoms with Gasteiger partial charge in [-0.2, -0.15) is 0 Å². The lowest BCUT2D eigenvalue weighted by atomic mass is 10.3. The topological polar surface area (TPSA) is 60.0 Å². The second-order valence-corrected chi connectivity index (χ2v) is 7.16. The van der Waals surface area contributed by atoms with Crippen molar-refractivity contribution in [2.24, 2.45) is 0 Å². The zero-order valence-electron chi connectivity index (χ0n) is 11.4. The average Bonchev–Trinajstić information content (AvgIpc) is 2.47. The van der Waals surface area contributed by atoms with E-state index in [9.17, 15) is 5.11 Å². The van der Waals surface area contributed by atoms with Crippen LogP contribution in [0, 0.1) is 0 Å². The molecule has 7 heteroatoms. The van der Waals surface area contributed by atoms with E-state index in [0.29, 0.717) is 6.54 Å². The number of hydrogen-bond acceptors (Lipinski definition) is 5. The van der Waals surface area contributed by atoms with Gasteiger partial charge in [-0.25, -0.2) is 0 Å². The number of nitrogens with one attached hydrogen (secondary N) is 1. The summed E-state index contributed by atoms with van der Waals surface area (Å²) in [6.45, 7) is 0.383. The van der Waals surface area contributed by atoms with E-state index < -0.39 is 14.9 Å². The molecule has 0 aromatic heterocycles. The Kier molecular flexibility index (Phi) is 6.77. The van der Waals surface area contributed by atoms with Crippen molar-refractivity contribution in [3.63, 3.8) is 0 Å². The molecule has 2 N–H and O–H groups in total. The van der Waals surface area contributed by atoms with Crippen molar-refractivity contribution < 1.29 is 18.4 Å². The van der Waals surface area contributed by atoms with Crippen LogP contribution in [0.3, 0.4) is 0 Å². The number of hydrogen-bond donors (Lipinski definition) is 2. The number of anilines is 1. The molecule has 19 heavy (non-hydrogen) atoms. The van der Waals surface area contributed by atoms with E-state index in [-0.39, 0.29) is 5.88 Å². The number of aliphatic hydroxyl groups is 1. The third-order valence-corrected chi connectivity index (χ3v) is 5.73. The molecule has 1 aromatic rings. The lowest BCUT2D eigenvalue weighted by Crippen LogP contribution is -2.54. The van der Waals surface area contributed by atoms with Crippen molar-refractivity contribution in [2.45, 2.75) is 6.10 Å². The number of aliphatic hydroxyl groups excluding tert-OH is 1. The first-order chi connectivity index (χ1) is 9.11. The van der Waals surface area contributed by atoms with Gasteiger partial charge in [-0.3, -0.25) is 0 Å². The van der Waals surface area contributed by atoms with Crippen molar-refractivity contribution in [3.8, 4) is 0 Å². The normalized spacial score (nSPS) is 13.3. The first-order valence-electron chi connectivity index (χ1n) is 5.85. The van der Waals surface area contributed by atoms with Crippen LogP contribution in [0.1, 0.15) is 0 Å². The fraction of sp³-hybridized carbons (Fsp3) is 0.500. The standard InChI is InChI=1S/C12H20ClNO4Si/c1-16-19(17-2,18-3)12-6-4-5-10(7-12)14-9-11(15)8-13/h4-7,11,14-15H,8-9H2,1-3H3. The summed E-state index contributed by atoms with van der Waals surface area (Å²) in [5.41, 5.74) is 0.852. The fourth-order valence-electron chi connectivity index (χ4n) is 1.71. The maximum Gasteiger partial charge on any atom is 0.536 e. The fourth-order valence-corrected chi connectivity index (χ4v) is 3.66. The van der Waals surface area contributed by atoms with Crippen LogP contribution in [0.5, 0.6) is 0 Å². The van der Waals surface area contributed by atoms with Crippen LogP contribution in [0.15, 0.2) is 24.3 Å². The molecular formula is C12H20ClNO4Si. The van der Waals surface area contributed by atoms with Gasteiger partial charge in [0.2, 0.25) is 0 Å². The van der Waals surface area contributed by atoms with Gasteiger partial charge in [-0.15, -0.1) is 11.6 Å². The van der Waals surface area contributed by atoms with Gasteiger partial charge in [-0.05, 0) is 12.1 Å². The van der Waals surface area contributed by atoms with Crippen molar-refractivity contribution >= 4 is 31.3 Å². The molecule has 1 atom stereocenters. The van der Waals surface area contributed by atoms with Gasteiger partial charge in [0.25, 0.3) is 0 Å². The lowest BCUT2D eigenvalue weighted by molar-refractivity contribution is 0.140. The molecule has 5 nitrogen and oxygen atoms in total. The Morgan fingerprint density at radius 1 is 1.26 bits per heavy atom. The molecule has 1 unspecified atom stereocenters. The van der Waals surface area contributed by atoms with Crippen LogP contribution in [-0.4, -0.2) is 53.8 Å². The number of halogens is 1. The van der Waals surface area contributed by atoms with Crippen molar-refractivity contribution in [1.82, 2.24) is 0 Å². The second-order valence-electron chi connectivity index (χ2n) is 3.94. The summed E-state index contributed by atoms with van der Waals surface area (Å²) in [4.78, 5) is 0. The first kappa shape index (κ1) is 16.4. The maximum absolute atomic E-state index is 9.43. The molecule has 1 aromatic carbocycles. The highest BCUT2D eigenvalue weighted by atomic mass is 35.5. The summed E-state index contributed by atoms with van der Waals surface area (Å²) in [6, 6.07) is 7.56. The summed E-state index contributed by atoms with van der Waals surface area (Å²) in [6.07, 6.45) is -0.584. The van der Waals surface area contributed by atoms with Crippen LogP contribution >= 0.6 is 11.6 Å². The van der Waals surface area contributed by atoms with E-state index in [1.807, 2.05) is 24.3 Å². The van der Waals surface area contributed by atoms with Gasteiger partial charge in [-0.1, -0.05) is 12.1 Å². The minimum Gasteiger partial charge on any atom is -0.390 e.